The number of benzene rings is 1. The number of sulfonamides is 1. The number of carbonyl (C=O) groups is 1. The van der Waals surface area contributed by atoms with Gasteiger partial charge in [0.05, 0.1) is 4.90 Å². The minimum atomic E-state index is -3.47. The number of carboxylic acids is 1. The monoisotopic (exact) mass is 295 g/mol. The molecule has 20 heavy (non-hydrogen) atoms. The van der Waals surface area contributed by atoms with Crippen molar-refractivity contribution in [2.24, 2.45) is 5.92 Å². The minimum absolute atomic E-state index is 0.198. The summed E-state index contributed by atoms with van der Waals surface area (Å²) in [5, 5.41) is 8.52. The molecular weight excluding hydrogens is 278 g/mol. The molecule has 0 aromatic heterocycles. The highest BCUT2D eigenvalue weighted by molar-refractivity contribution is 7.89. The van der Waals surface area contributed by atoms with Crippen molar-refractivity contribution < 1.29 is 18.3 Å². The Morgan fingerprint density at radius 3 is 2.45 bits per heavy atom. The maximum Gasteiger partial charge on any atom is 0.328 e. The van der Waals surface area contributed by atoms with Gasteiger partial charge in [-0.15, -0.1) is 0 Å². The highest BCUT2D eigenvalue weighted by atomic mass is 32.2. The Hall–Kier alpha value is -1.66. The van der Waals surface area contributed by atoms with Gasteiger partial charge in [0.2, 0.25) is 10.0 Å². The number of hydrogen-bond acceptors (Lipinski definition) is 3. The average molecular weight is 295 g/mol. The number of rotatable bonds is 6. The fraction of sp³-hybridized carbons (Fsp3) is 0.357. The lowest BCUT2D eigenvalue weighted by Crippen LogP contribution is -2.32. The van der Waals surface area contributed by atoms with E-state index in [0.29, 0.717) is 18.0 Å². The van der Waals surface area contributed by atoms with E-state index in [1.54, 1.807) is 12.1 Å². The molecule has 1 saturated carbocycles. The predicted molar refractivity (Wildman–Crippen MR) is 75.6 cm³/mol. The third kappa shape index (κ3) is 3.91. The number of nitrogens with one attached hydrogen (secondary N) is 1. The fourth-order valence-corrected chi connectivity index (χ4v) is 3.05. The van der Waals surface area contributed by atoms with E-state index >= 15 is 0 Å². The molecule has 2 rings (SSSR count). The molecule has 0 radical (unpaired) electrons. The molecule has 0 spiro atoms. The Labute approximate surface area is 118 Å². The standard InChI is InChI=1S/C14H17NO4S/c16-14(17)9-6-11-4-7-13(8-5-11)20(18,19)15-10-12-2-1-3-12/h4-9,12,15H,1-3,10H2,(H,16,17)/b9-6+. The van der Waals surface area contributed by atoms with Crippen LogP contribution >= 0.6 is 0 Å². The molecule has 1 fully saturated rings. The van der Waals surface area contributed by atoms with Crippen LogP contribution in [0, 0.1) is 5.92 Å². The quantitative estimate of drug-likeness (QED) is 0.785. The fourth-order valence-electron chi connectivity index (χ4n) is 1.93. The highest BCUT2D eigenvalue weighted by Crippen LogP contribution is 2.25. The van der Waals surface area contributed by atoms with Crippen LogP contribution < -0.4 is 4.72 Å². The van der Waals surface area contributed by atoms with Crippen LogP contribution in [0.1, 0.15) is 24.8 Å². The molecule has 2 N–H and O–H groups in total. The van der Waals surface area contributed by atoms with Crippen LogP contribution in [-0.2, 0) is 14.8 Å². The summed E-state index contributed by atoms with van der Waals surface area (Å²) in [6.45, 7) is 0.489. The summed E-state index contributed by atoms with van der Waals surface area (Å²) in [7, 11) is -3.47. The Balaban J connectivity index is 2.02. The molecule has 0 aliphatic heterocycles. The van der Waals surface area contributed by atoms with E-state index in [0.717, 1.165) is 18.9 Å². The summed E-state index contributed by atoms with van der Waals surface area (Å²) in [5.41, 5.74) is 0.644. The van der Waals surface area contributed by atoms with Crippen molar-refractivity contribution in [3.63, 3.8) is 0 Å². The summed E-state index contributed by atoms with van der Waals surface area (Å²) in [4.78, 5) is 10.6. The van der Waals surface area contributed by atoms with Gasteiger partial charge in [-0.3, -0.25) is 0 Å². The molecule has 6 heteroatoms. The number of carboxylic acid groups (broad SMARTS) is 1. The second kappa shape index (κ2) is 6.19. The molecule has 1 aliphatic rings. The number of aliphatic carboxylic acids is 1. The predicted octanol–water partition coefficient (Wildman–Crippen LogP) is 1.86. The van der Waals surface area contributed by atoms with E-state index in [1.165, 1.54) is 24.6 Å². The zero-order valence-electron chi connectivity index (χ0n) is 11.0. The molecule has 0 saturated heterocycles. The second-order valence-electron chi connectivity index (χ2n) is 4.89. The number of hydrogen-bond donors (Lipinski definition) is 2. The molecule has 5 nitrogen and oxygen atoms in total. The SMILES string of the molecule is O=C(O)/C=C/c1ccc(S(=O)(=O)NCC2CCC2)cc1. The lowest BCUT2D eigenvalue weighted by atomic mass is 9.86. The van der Waals surface area contributed by atoms with Crippen molar-refractivity contribution >= 4 is 22.1 Å². The molecule has 0 bridgehead atoms. The van der Waals surface area contributed by atoms with Crippen molar-refractivity contribution in [3.05, 3.63) is 35.9 Å². The smallest absolute Gasteiger partial charge is 0.328 e. The zero-order valence-corrected chi connectivity index (χ0v) is 11.8. The van der Waals surface area contributed by atoms with Crippen molar-refractivity contribution in [1.82, 2.24) is 4.72 Å². The molecule has 0 heterocycles. The Morgan fingerprint density at radius 2 is 1.95 bits per heavy atom. The Kier molecular flexibility index (Phi) is 4.57. The van der Waals surface area contributed by atoms with Crippen LogP contribution in [-0.4, -0.2) is 26.0 Å². The zero-order chi connectivity index (χ0) is 14.6. The van der Waals surface area contributed by atoms with Crippen LogP contribution in [0.3, 0.4) is 0 Å². The average Bonchev–Trinajstić information content (AvgIpc) is 2.35. The van der Waals surface area contributed by atoms with Gasteiger partial charge in [-0.1, -0.05) is 18.6 Å². The molecule has 0 atom stereocenters. The first-order valence-electron chi connectivity index (χ1n) is 6.48. The van der Waals surface area contributed by atoms with Crippen molar-refractivity contribution in [3.8, 4) is 0 Å². The van der Waals surface area contributed by atoms with Gasteiger partial charge >= 0.3 is 5.97 Å². The minimum Gasteiger partial charge on any atom is -0.478 e. The van der Waals surface area contributed by atoms with Gasteiger partial charge in [-0.25, -0.2) is 17.9 Å². The second-order valence-corrected chi connectivity index (χ2v) is 6.66. The highest BCUT2D eigenvalue weighted by Gasteiger charge is 2.21. The van der Waals surface area contributed by atoms with Crippen LogP contribution in [0.4, 0.5) is 0 Å². The van der Waals surface area contributed by atoms with E-state index in [1.807, 2.05) is 0 Å². The molecule has 1 aromatic rings. The summed E-state index contributed by atoms with van der Waals surface area (Å²) >= 11 is 0. The molecule has 0 unspecified atom stereocenters. The molecule has 108 valence electrons. The van der Waals surface area contributed by atoms with Crippen LogP contribution in [0.5, 0.6) is 0 Å². The van der Waals surface area contributed by atoms with Gasteiger partial charge in [0, 0.05) is 12.6 Å². The van der Waals surface area contributed by atoms with Crippen molar-refractivity contribution in [2.75, 3.05) is 6.54 Å². The summed E-state index contributed by atoms with van der Waals surface area (Å²) < 4.78 is 26.7. The van der Waals surface area contributed by atoms with Gasteiger partial charge < -0.3 is 5.11 Å². The topological polar surface area (TPSA) is 83.5 Å². The maximum absolute atomic E-state index is 12.0. The molecular formula is C14H17NO4S. The van der Waals surface area contributed by atoms with Crippen LogP contribution in [0.15, 0.2) is 35.2 Å². The first kappa shape index (κ1) is 14.7. The van der Waals surface area contributed by atoms with Gasteiger partial charge in [-0.05, 0) is 42.5 Å². The van der Waals surface area contributed by atoms with E-state index in [-0.39, 0.29) is 4.90 Å². The Morgan fingerprint density at radius 1 is 1.30 bits per heavy atom. The molecule has 0 amide bonds. The Bertz CT molecular complexity index is 601. The maximum atomic E-state index is 12.0. The summed E-state index contributed by atoms with van der Waals surface area (Å²) in [6, 6.07) is 6.12. The first-order valence-corrected chi connectivity index (χ1v) is 7.96. The lowest BCUT2D eigenvalue weighted by molar-refractivity contribution is -0.131. The largest absolute Gasteiger partial charge is 0.478 e. The molecule has 1 aromatic carbocycles. The van der Waals surface area contributed by atoms with Gasteiger partial charge in [-0.2, -0.15) is 0 Å². The van der Waals surface area contributed by atoms with E-state index in [4.69, 9.17) is 5.11 Å². The van der Waals surface area contributed by atoms with Crippen molar-refractivity contribution in [2.45, 2.75) is 24.2 Å². The molecule has 1 aliphatic carbocycles. The van der Waals surface area contributed by atoms with E-state index in [9.17, 15) is 13.2 Å². The van der Waals surface area contributed by atoms with Gasteiger partial charge in [0.25, 0.3) is 0 Å². The van der Waals surface area contributed by atoms with Crippen LogP contribution in [0.2, 0.25) is 0 Å². The van der Waals surface area contributed by atoms with E-state index in [2.05, 4.69) is 4.72 Å². The third-order valence-electron chi connectivity index (χ3n) is 3.40. The van der Waals surface area contributed by atoms with Crippen LogP contribution in [0.25, 0.3) is 6.08 Å². The third-order valence-corrected chi connectivity index (χ3v) is 4.84. The van der Waals surface area contributed by atoms with Gasteiger partial charge in [0.1, 0.15) is 0 Å². The van der Waals surface area contributed by atoms with Gasteiger partial charge in [0.15, 0.2) is 0 Å². The normalized spacial score (nSPS) is 16.2. The van der Waals surface area contributed by atoms with Crippen molar-refractivity contribution in [1.29, 1.82) is 0 Å². The first-order chi connectivity index (χ1) is 9.47. The summed E-state index contributed by atoms with van der Waals surface area (Å²) in [6.07, 6.45) is 5.78. The van der Waals surface area contributed by atoms with E-state index < -0.39 is 16.0 Å². The lowest BCUT2D eigenvalue weighted by Gasteiger charge is -2.25. The summed E-state index contributed by atoms with van der Waals surface area (Å²) in [5.74, 6) is -0.577.